The molecule has 0 atom stereocenters. The number of ether oxygens (including phenoxy) is 1. The SMILES string of the molecule is COCc1ccccc1CNC(=O)c1cccc(CN2CCCC2=O)c1. The summed E-state index contributed by atoms with van der Waals surface area (Å²) >= 11 is 0. The van der Waals surface area contributed by atoms with Crippen LogP contribution in [0.25, 0.3) is 0 Å². The topological polar surface area (TPSA) is 58.6 Å². The molecule has 0 aromatic heterocycles. The molecule has 0 radical (unpaired) electrons. The minimum atomic E-state index is -0.119. The predicted octanol–water partition coefficient (Wildman–Crippen LogP) is 2.89. The molecule has 0 bridgehead atoms. The second-order valence-electron chi connectivity index (χ2n) is 6.50. The van der Waals surface area contributed by atoms with Gasteiger partial charge >= 0.3 is 0 Å². The maximum absolute atomic E-state index is 12.5. The highest BCUT2D eigenvalue weighted by atomic mass is 16.5. The van der Waals surface area contributed by atoms with Gasteiger partial charge in [-0.05, 0) is 35.2 Å². The summed E-state index contributed by atoms with van der Waals surface area (Å²) in [5, 5.41) is 2.97. The Labute approximate surface area is 154 Å². The first-order chi connectivity index (χ1) is 12.7. The van der Waals surface area contributed by atoms with Gasteiger partial charge in [0, 0.05) is 38.7 Å². The first kappa shape index (κ1) is 18.1. The van der Waals surface area contributed by atoms with Gasteiger partial charge in [0.1, 0.15) is 0 Å². The van der Waals surface area contributed by atoms with Crippen molar-refractivity contribution in [1.29, 1.82) is 0 Å². The molecular weight excluding hydrogens is 328 g/mol. The lowest BCUT2D eigenvalue weighted by atomic mass is 10.1. The van der Waals surface area contributed by atoms with Gasteiger partial charge in [-0.15, -0.1) is 0 Å². The van der Waals surface area contributed by atoms with Gasteiger partial charge in [-0.25, -0.2) is 0 Å². The van der Waals surface area contributed by atoms with Crippen molar-refractivity contribution in [1.82, 2.24) is 10.2 Å². The third-order valence-electron chi connectivity index (χ3n) is 4.59. The van der Waals surface area contributed by atoms with Crippen molar-refractivity contribution < 1.29 is 14.3 Å². The zero-order valence-electron chi connectivity index (χ0n) is 15.0. The minimum Gasteiger partial charge on any atom is -0.380 e. The number of hydrogen-bond donors (Lipinski definition) is 1. The first-order valence-electron chi connectivity index (χ1n) is 8.88. The average molecular weight is 352 g/mol. The molecule has 3 rings (SSSR count). The highest BCUT2D eigenvalue weighted by Crippen LogP contribution is 2.15. The van der Waals surface area contributed by atoms with E-state index in [0.29, 0.717) is 31.7 Å². The molecule has 1 saturated heterocycles. The summed E-state index contributed by atoms with van der Waals surface area (Å²) in [4.78, 5) is 26.1. The van der Waals surface area contributed by atoms with Gasteiger partial charge in [-0.3, -0.25) is 9.59 Å². The number of likely N-dealkylation sites (tertiary alicyclic amines) is 1. The van der Waals surface area contributed by atoms with Crippen LogP contribution >= 0.6 is 0 Å². The molecule has 0 unspecified atom stereocenters. The van der Waals surface area contributed by atoms with Crippen LogP contribution in [0.3, 0.4) is 0 Å². The van der Waals surface area contributed by atoms with Gasteiger partial charge in [-0.2, -0.15) is 0 Å². The van der Waals surface area contributed by atoms with Crippen LogP contribution in [-0.2, 0) is 29.2 Å². The largest absolute Gasteiger partial charge is 0.380 e. The van der Waals surface area contributed by atoms with Gasteiger partial charge in [0.05, 0.1) is 6.61 Å². The van der Waals surface area contributed by atoms with Gasteiger partial charge in [0.25, 0.3) is 5.91 Å². The molecule has 1 heterocycles. The molecule has 2 amide bonds. The number of nitrogens with one attached hydrogen (secondary N) is 1. The van der Waals surface area contributed by atoms with E-state index in [9.17, 15) is 9.59 Å². The molecule has 1 aliphatic heterocycles. The molecule has 2 aromatic rings. The van der Waals surface area contributed by atoms with Crippen molar-refractivity contribution in [2.24, 2.45) is 0 Å². The Hall–Kier alpha value is -2.66. The van der Waals surface area contributed by atoms with E-state index in [1.54, 1.807) is 13.2 Å². The normalized spacial score (nSPS) is 13.9. The smallest absolute Gasteiger partial charge is 0.251 e. The van der Waals surface area contributed by atoms with Crippen LogP contribution in [0.15, 0.2) is 48.5 Å². The van der Waals surface area contributed by atoms with E-state index >= 15 is 0 Å². The lowest BCUT2D eigenvalue weighted by Crippen LogP contribution is -2.25. The Balaban J connectivity index is 1.63. The number of carbonyl (C=O) groups excluding carboxylic acids is 2. The number of carbonyl (C=O) groups is 2. The number of amides is 2. The molecule has 0 aliphatic carbocycles. The van der Waals surface area contributed by atoms with Crippen LogP contribution in [0.1, 0.15) is 39.9 Å². The van der Waals surface area contributed by atoms with E-state index in [4.69, 9.17) is 4.74 Å². The summed E-state index contributed by atoms with van der Waals surface area (Å²) in [6.45, 7) is 2.33. The van der Waals surface area contributed by atoms with Crippen molar-refractivity contribution in [3.8, 4) is 0 Å². The molecule has 1 aliphatic rings. The number of nitrogens with zero attached hydrogens (tertiary/aromatic N) is 1. The molecule has 0 spiro atoms. The summed E-state index contributed by atoms with van der Waals surface area (Å²) in [7, 11) is 1.66. The van der Waals surface area contributed by atoms with Crippen LogP contribution < -0.4 is 5.32 Å². The fourth-order valence-corrected chi connectivity index (χ4v) is 3.21. The van der Waals surface area contributed by atoms with Gasteiger partial charge < -0.3 is 15.0 Å². The van der Waals surface area contributed by atoms with Crippen molar-refractivity contribution in [3.05, 3.63) is 70.8 Å². The monoisotopic (exact) mass is 352 g/mol. The zero-order chi connectivity index (χ0) is 18.4. The zero-order valence-corrected chi connectivity index (χ0v) is 15.0. The predicted molar refractivity (Wildman–Crippen MR) is 99.4 cm³/mol. The molecule has 26 heavy (non-hydrogen) atoms. The highest BCUT2D eigenvalue weighted by Gasteiger charge is 2.20. The van der Waals surface area contributed by atoms with Crippen LogP contribution in [0, 0.1) is 0 Å². The van der Waals surface area contributed by atoms with E-state index < -0.39 is 0 Å². The molecule has 5 nitrogen and oxygen atoms in total. The van der Waals surface area contributed by atoms with Crippen molar-refractivity contribution in [2.45, 2.75) is 32.5 Å². The Bertz CT molecular complexity index is 788. The van der Waals surface area contributed by atoms with E-state index in [0.717, 1.165) is 29.7 Å². The number of hydrogen-bond acceptors (Lipinski definition) is 3. The van der Waals surface area contributed by atoms with E-state index in [2.05, 4.69) is 5.32 Å². The maximum atomic E-state index is 12.5. The number of rotatable bonds is 7. The van der Waals surface area contributed by atoms with Crippen molar-refractivity contribution in [2.75, 3.05) is 13.7 Å². The van der Waals surface area contributed by atoms with Crippen LogP contribution in [0.2, 0.25) is 0 Å². The second kappa shape index (κ2) is 8.63. The van der Waals surface area contributed by atoms with E-state index in [1.807, 2.05) is 47.4 Å². The van der Waals surface area contributed by atoms with E-state index in [-0.39, 0.29) is 11.8 Å². The highest BCUT2D eigenvalue weighted by molar-refractivity contribution is 5.94. The van der Waals surface area contributed by atoms with Crippen molar-refractivity contribution >= 4 is 11.8 Å². The van der Waals surface area contributed by atoms with Gasteiger partial charge in [-0.1, -0.05) is 36.4 Å². The summed E-state index contributed by atoms with van der Waals surface area (Å²) in [5.41, 5.74) is 3.70. The van der Waals surface area contributed by atoms with Crippen LogP contribution in [0.5, 0.6) is 0 Å². The third kappa shape index (κ3) is 4.49. The van der Waals surface area contributed by atoms with Gasteiger partial charge in [0.2, 0.25) is 5.91 Å². The summed E-state index contributed by atoms with van der Waals surface area (Å²) in [5.74, 6) is 0.0708. The third-order valence-corrected chi connectivity index (χ3v) is 4.59. The van der Waals surface area contributed by atoms with Gasteiger partial charge in [0.15, 0.2) is 0 Å². The molecule has 1 N–H and O–H groups in total. The fraction of sp³-hybridized carbons (Fsp3) is 0.333. The lowest BCUT2D eigenvalue weighted by Gasteiger charge is -2.16. The molecule has 1 fully saturated rings. The second-order valence-corrected chi connectivity index (χ2v) is 6.50. The number of methoxy groups -OCH3 is 1. The Morgan fingerprint density at radius 2 is 1.96 bits per heavy atom. The van der Waals surface area contributed by atoms with Crippen LogP contribution in [0.4, 0.5) is 0 Å². The molecule has 5 heteroatoms. The number of benzene rings is 2. The molecular formula is C21H24N2O3. The molecule has 2 aromatic carbocycles. The summed E-state index contributed by atoms with van der Waals surface area (Å²) in [6, 6.07) is 15.4. The standard InChI is InChI=1S/C21H24N2O3/c1-26-15-19-8-3-2-7-18(19)13-22-21(25)17-9-4-6-16(12-17)14-23-11-5-10-20(23)24/h2-4,6-9,12H,5,10-11,13-15H2,1H3,(H,22,25). The van der Waals surface area contributed by atoms with Crippen molar-refractivity contribution in [3.63, 3.8) is 0 Å². The fourth-order valence-electron chi connectivity index (χ4n) is 3.21. The maximum Gasteiger partial charge on any atom is 0.251 e. The Morgan fingerprint density at radius 1 is 1.15 bits per heavy atom. The van der Waals surface area contributed by atoms with Crippen LogP contribution in [-0.4, -0.2) is 30.4 Å². The Morgan fingerprint density at radius 3 is 2.69 bits per heavy atom. The first-order valence-corrected chi connectivity index (χ1v) is 8.88. The average Bonchev–Trinajstić information content (AvgIpc) is 3.06. The summed E-state index contributed by atoms with van der Waals surface area (Å²) in [6.07, 6.45) is 1.54. The molecule has 0 saturated carbocycles. The summed E-state index contributed by atoms with van der Waals surface area (Å²) < 4.78 is 5.20. The lowest BCUT2D eigenvalue weighted by molar-refractivity contribution is -0.128. The Kier molecular flexibility index (Phi) is 6.02. The van der Waals surface area contributed by atoms with E-state index in [1.165, 1.54) is 0 Å². The molecule has 136 valence electrons. The minimum absolute atomic E-state index is 0.119. The quantitative estimate of drug-likeness (QED) is 0.834.